The molecular formula is C19H23NaO5S. The first-order chi connectivity index (χ1) is 11.9. The molecule has 2 aromatic rings. The van der Waals surface area contributed by atoms with Gasteiger partial charge < -0.3 is 9.84 Å². The van der Waals surface area contributed by atoms with Gasteiger partial charge in [-0.3, -0.25) is 4.55 Å². The summed E-state index contributed by atoms with van der Waals surface area (Å²) in [5.41, 5.74) is 0.941. The zero-order valence-corrected chi connectivity index (χ0v) is 18.1. The SMILES string of the molecule is CCCCCCCc1ccccc1Oc1cccc([O-])c1S(=O)(=O)O.[Na+]. The van der Waals surface area contributed by atoms with Gasteiger partial charge in [0.05, 0.1) is 0 Å². The van der Waals surface area contributed by atoms with E-state index in [0.29, 0.717) is 5.75 Å². The van der Waals surface area contributed by atoms with Gasteiger partial charge in [-0.25, -0.2) is 0 Å². The van der Waals surface area contributed by atoms with Crippen molar-refractivity contribution in [3.8, 4) is 17.2 Å². The number of hydrogen-bond donors (Lipinski definition) is 1. The molecule has 0 saturated heterocycles. The Labute approximate surface area is 177 Å². The molecule has 0 aliphatic rings. The van der Waals surface area contributed by atoms with E-state index < -0.39 is 20.8 Å². The van der Waals surface area contributed by atoms with Crippen LogP contribution in [0.15, 0.2) is 47.4 Å². The summed E-state index contributed by atoms with van der Waals surface area (Å²) in [6.45, 7) is 2.17. The summed E-state index contributed by atoms with van der Waals surface area (Å²) < 4.78 is 38.0. The Kier molecular flexibility index (Phi) is 9.68. The van der Waals surface area contributed by atoms with E-state index in [2.05, 4.69) is 6.92 Å². The second kappa shape index (κ2) is 10.9. The number of para-hydroxylation sites is 1. The van der Waals surface area contributed by atoms with Gasteiger partial charge in [0.1, 0.15) is 16.4 Å². The second-order valence-electron chi connectivity index (χ2n) is 5.93. The van der Waals surface area contributed by atoms with E-state index >= 15 is 0 Å². The smallest absolute Gasteiger partial charge is 0.871 e. The third-order valence-corrected chi connectivity index (χ3v) is 4.86. The Morgan fingerprint density at radius 2 is 1.62 bits per heavy atom. The Morgan fingerprint density at radius 1 is 0.962 bits per heavy atom. The van der Waals surface area contributed by atoms with E-state index in [4.69, 9.17) is 4.74 Å². The van der Waals surface area contributed by atoms with Crippen LogP contribution >= 0.6 is 0 Å². The van der Waals surface area contributed by atoms with Gasteiger partial charge in [-0.1, -0.05) is 68.7 Å². The number of hydrogen-bond acceptors (Lipinski definition) is 4. The molecule has 0 amide bonds. The minimum atomic E-state index is -4.66. The van der Waals surface area contributed by atoms with Crippen molar-refractivity contribution in [3.63, 3.8) is 0 Å². The van der Waals surface area contributed by atoms with Gasteiger partial charge in [-0.15, -0.1) is 0 Å². The van der Waals surface area contributed by atoms with Crippen LogP contribution < -0.4 is 39.4 Å². The summed E-state index contributed by atoms with van der Waals surface area (Å²) in [6.07, 6.45) is 6.51. The average Bonchev–Trinajstić information content (AvgIpc) is 2.55. The molecular weight excluding hydrogens is 363 g/mol. The first kappa shape index (κ1) is 23.0. The van der Waals surface area contributed by atoms with Crippen LogP contribution in [-0.4, -0.2) is 13.0 Å². The number of ether oxygens (including phenoxy) is 1. The summed E-state index contributed by atoms with van der Waals surface area (Å²) in [4.78, 5) is -0.729. The third kappa shape index (κ3) is 6.59. The zero-order chi connectivity index (χ0) is 18.3. The van der Waals surface area contributed by atoms with Gasteiger partial charge in [-0.2, -0.15) is 8.42 Å². The summed E-state index contributed by atoms with van der Waals surface area (Å²) in [7, 11) is -4.66. The number of unbranched alkanes of at least 4 members (excludes halogenated alkanes) is 4. The molecule has 0 aromatic heterocycles. The molecule has 0 atom stereocenters. The Balaban J connectivity index is 0.00000338. The summed E-state index contributed by atoms with van der Waals surface area (Å²) in [6, 6.07) is 11.2. The quantitative estimate of drug-likeness (QED) is 0.399. The maximum atomic E-state index is 11.8. The largest absolute Gasteiger partial charge is 1.00 e. The van der Waals surface area contributed by atoms with Gasteiger partial charge in [0.25, 0.3) is 10.1 Å². The Hall–Kier alpha value is -1.05. The van der Waals surface area contributed by atoms with Crippen molar-refractivity contribution in [2.24, 2.45) is 0 Å². The molecule has 5 nitrogen and oxygen atoms in total. The topological polar surface area (TPSA) is 86.7 Å². The van der Waals surface area contributed by atoms with Crippen LogP contribution in [0.1, 0.15) is 44.6 Å². The fraction of sp³-hybridized carbons (Fsp3) is 0.368. The van der Waals surface area contributed by atoms with Crippen molar-refractivity contribution >= 4 is 10.1 Å². The van der Waals surface area contributed by atoms with Crippen molar-refractivity contribution < 1.29 is 52.4 Å². The van der Waals surface area contributed by atoms with Crippen molar-refractivity contribution in [2.45, 2.75) is 50.3 Å². The molecule has 7 heteroatoms. The predicted octanol–water partition coefficient (Wildman–Crippen LogP) is 1.32. The maximum Gasteiger partial charge on any atom is 1.00 e. The molecule has 0 radical (unpaired) electrons. The van der Waals surface area contributed by atoms with E-state index in [9.17, 15) is 18.1 Å². The van der Waals surface area contributed by atoms with E-state index in [0.717, 1.165) is 30.9 Å². The van der Waals surface area contributed by atoms with E-state index in [1.165, 1.54) is 31.4 Å². The van der Waals surface area contributed by atoms with E-state index in [1.54, 1.807) is 12.1 Å². The number of rotatable bonds is 9. The summed E-state index contributed by atoms with van der Waals surface area (Å²) in [5.74, 6) is -0.459. The molecule has 0 bridgehead atoms. The van der Waals surface area contributed by atoms with Crippen LogP contribution in [0.5, 0.6) is 17.2 Å². The number of benzene rings is 2. The molecule has 1 N–H and O–H groups in total. The van der Waals surface area contributed by atoms with Crippen LogP contribution in [0.25, 0.3) is 0 Å². The summed E-state index contributed by atoms with van der Waals surface area (Å²) >= 11 is 0. The van der Waals surface area contributed by atoms with Gasteiger partial charge in [-0.05, 0) is 30.5 Å². The van der Waals surface area contributed by atoms with Crippen molar-refractivity contribution in [1.29, 1.82) is 0 Å². The van der Waals surface area contributed by atoms with Crippen LogP contribution in [0.4, 0.5) is 0 Å². The zero-order valence-electron chi connectivity index (χ0n) is 15.3. The minimum Gasteiger partial charge on any atom is -0.871 e. The van der Waals surface area contributed by atoms with Gasteiger partial charge in [0.15, 0.2) is 0 Å². The molecule has 2 rings (SSSR count). The fourth-order valence-electron chi connectivity index (χ4n) is 2.68. The first-order valence-corrected chi connectivity index (χ1v) is 9.90. The first-order valence-electron chi connectivity index (χ1n) is 8.46. The van der Waals surface area contributed by atoms with E-state index in [-0.39, 0.29) is 35.3 Å². The standard InChI is InChI=1S/C19H24O5S.Na/c1-2-3-4-5-6-10-15-11-7-8-13-17(15)24-18-14-9-12-16(20)19(18)25(21,22)23;/h7-9,11-14,20H,2-6,10H2,1H3,(H,21,22,23);/q;+1/p-1. The van der Waals surface area contributed by atoms with Crippen molar-refractivity contribution in [3.05, 3.63) is 48.0 Å². The molecule has 0 fully saturated rings. The van der Waals surface area contributed by atoms with E-state index in [1.807, 2.05) is 12.1 Å². The normalized spacial score (nSPS) is 11.0. The molecule has 0 saturated carbocycles. The monoisotopic (exact) mass is 386 g/mol. The summed E-state index contributed by atoms with van der Waals surface area (Å²) in [5, 5.41) is 11.8. The second-order valence-corrected chi connectivity index (χ2v) is 7.29. The predicted molar refractivity (Wildman–Crippen MR) is 94.7 cm³/mol. The average molecular weight is 386 g/mol. The Bertz CT molecular complexity index is 805. The third-order valence-electron chi connectivity index (χ3n) is 3.94. The van der Waals surface area contributed by atoms with Crippen molar-refractivity contribution in [2.75, 3.05) is 0 Å². The molecule has 26 heavy (non-hydrogen) atoms. The molecule has 0 unspecified atom stereocenters. The van der Waals surface area contributed by atoms with Crippen LogP contribution in [-0.2, 0) is 16.5 Å². The van der Waals surface area contributed by atoms with Gasteiger partial charge >= 0.3 is 29.6 Å². The Morgan fingerprint density at radius 3 is 2.31 bits per heavy atom. The minimum absolute atomic E-state index is 0. The molecule has 136 valence electrons. The molecule has 0 heterocycles. The van der Waals surface area contributed by atoms with Gasteiger partial charge in [0.2, 0.25) is 0 Å². The van der Waals surface area contributed by atoms with Gasteiger partial charge in [0, 0.05) is 0 Å². The molecule has 0 spiro atoms. The van der Waals surface area contributed by atoms with Crippen LogP contribution in [0.3, 0.4) is 0 Å². The maximum absolute atomic E-state index is 11.8. The van der Waals surface area contributed by atoms with Crippen LogP contribution in [0.2, 0.25) is 0 Å². The number of aryl methyl sites for hydroxylation is 1. The molecule has 2 aromatic carbocycles. The fourth-order valence-corrected chi connectivity index (χ4v) is 3.36. The van der Waals surface area contributed by atoms with Crippen molar-refractivity contribution in [1.82, 2.24) is 0 Å². The molecule has 0 aliphatic carbocycles. The molecule has 0 aliphatic heterocycles. The van der Waals surface area contributed by atoms with Crippen LogP contribution in [0, 0.1) is 0 Å².